The van der Waals surface area contributed by atoms with E-state index in [0.717, 1.165) is 32.6 Å². The van der Waals surface area contributed by atoms with Crippen molar-refractivity contribution < 1.29 is 14.7 Å². The number of likely N-dealkylation sites (N-methyl/N-ethyl adjacent to an activating group) is 1. The lowest BCUT2D eigenvalue weighted by Crippen LogP contribution is -2.56. The number of carboxylic acids is 1. The van der Waals surface area contributed by atoms with Gasteiger partial charge in [-0.25, -0.2) is 9.80 Å². The van der Waals surface area contributed by atoms with Gasteiger partial charge >= 0.3 is 12.0 Å². The first-order chi connectivity index (χ1) is 9.01. The minimum absolute atomic E-state index is 0.0377. The molecule has 1 aliphatic rings. The summed E-state index contributed by atoms with van der Waals surface area (Å²) in [5.74, 6) is -0.890. The molecule has 1 fully saturated rings. The molecule has 0 aromatic heterocycles. The Labute approximate surface area is 113 Å². The van der Waals surface area contributed by atoms with Crippen molar-refractivity contribution in [2.75, 3.05) is 33.2 Å². The highest BCUT2D eigenvalue weighted by Crippen LogP contribution is 2.02. The number of aliphatic carboxylic acids is 1. The number of urea groups is 1. The predicted octanol–water partition coefficient (Wildman–Crippen LogP) is 0.0914. The van der Waals surface area contributed by atoms with Crippen molar-refractivity contribution in [2.24, 2.45) is 0 Å². The second-order valence-corrected chi connectivity index (χ2v) is 4.96. The number of hydrogen-bond donors (Lipinski definition) is 3. The van der Waals surface area contributed by atoms with E-state index in [2.05, 4.69) is 15.6 Å². The van der Waals surface area contributed by atoms with Crippen molar-refractivity contribution in [1.29, 1.82) is 0 Å². The number of rotatable bonds is 6. The smallest absolute Gasteiger partial charge is 0.329 e. The van der Waals surface area contributed by atoms with Crippen LogP contribution in [0.2, 0.25) is 0 Å². The monoisotopic (exact) mass is 272 g/mol. The molecule has 0 aromatic carbocycles. The summed E-state index contributed by atoms with van der Waals surface area (Å²) in [5.41, 5.74) is 2.77. The molecule has 1 rings (SSSR count). The maximum atomic E-state index is 11.8. The van der Waals surface area contributed by atoms with Gasteiger partial charge in [-0.15, -0.1) is 0 Å². The molecule has 110 valence electrons. The quantitative estimate of drug-likeness (QED) is 0.638. The molecule has 3 N–H and O–H groups in total. The fourth-order valence-electron chi connectivity index (χ4n) is 2.06. The summed E-state index contributed by atoms with van der Waals surface area (Å²) in [5, 5.41) is 13.4. The topological polar surface area (TPSA) is 84.9 Å². The molecular weight excluding hydrogens is 248 g/mol. The molecule has 0 saturated carbocycles. The zero-order valence-corrected chi connectivity index (χ0v) is 11.7. The van der Waals surface area contributed by atoms with E-state index >= 15 is 0 Å². The van der Waals surface area contributed by atoms with Crippen LogP contribution >= 0.6 is 0 Å². The maximum absolute atomic E-state index is 11.8. The second kappa shape index (κ2) is 7.96. The van der Waals surface area contributed by atoms with Gasteiger partial charge in [-0.2, -0.15) is 0 Å². The van der Waals surface area contributed by atoms with E-state index in [1.54, 1.807) is 0 Å². The number of hydrogen-bond acceptors (Lipinski definition) is 4. The van der Waals surface area contributed by atoms with Crippen LogP contribution in [0.25, 0.3) is 0 Å². The molecule has 0 aromatic rings. The Morgan fingerprint density at radius 1 is 1.26 bits per heavy atom. The SMILES string of the molecule is CCCC(CC(=O)O)NC(=O)NN1CCN(C)CC1. The van der Waals surface area contributed by atoms with E-state index in [-0.39, 0.29) is 18.5 Å². The fourth-order valence-corrected chi connectivity index (χ4v) is 2.06. The van der Waals surface area contributed by atoms with E-state index in [9.17, 15) is 9.59 Å². The first-order valence-corrected chi connectivity index (χ1v) is 6.73. The molecule has 7 nitrogen and oxygen atoms in total. The van der Waals surface area contributed by atoms with Crippen LogP contribution in [0.4, 0.5) is 4.79 Å². The maximum Gasteiger partial charge on any atom is 0.329 e. The van der Waals surface area contributed by atoms with Crippen molar-refractivity contribution in [3.63, 3.8) is 0 Å². The van der Waals surface area contributed by atoms with Gasteiger partial charge in [0, 0.05) is 32.2 Å². The highest BCUT2D eigenvalue weighted by atomic mass is 16.4. The largest absolute Gasteiger partial charge is 0.481 e. The third kappa shape index (κ3) is 6.40. The van der Waals surface area contributed by atoms with Crippen molar-refractivity contribution in [2.45, 2.75) is 32.2 Å². The number of carbonyl (C=O) groups is 2. The lowest BCUT2D eigenvalue weighted by molar-refractivity contribution is -0.137. The van der Waals surface area contributed by atoms with Crippen molar-refractivity contribution in [3.05, 3.63) is 0 Å². The van der Waals surface area contributed by atoms with Gasteiger partial charge < -0.3 is 15.3 Å². The van der Waals surface area contributed by atoms with Gasteiger partial charge in [0.1, 0.15) is 0 Å². The minimum Gasteiger partial charge on any atom is -0.481 e. The number of amides is 2. The molecule has 1 unspecified atom stereocenters. The highest BCUT2D eigenvalue weighted by molar-refractivity contribution is 5.75. The van der Waals surface area contributed by atoms with E-state index in [4.69, 9.17) is 5.11 Å². The second-order valence-electron chi connectivity index (χ2n) is 4.96. The van der Waals surface area contributed by atoms with Gasteiger partial charge in [-0.05, 0) is 13.5 Å². The molecule has 1 aliphatic heterocycles. The lowest BCUT2D eigenvalue weighted by Gasteiger charge is -2.32. The Bertz CT molecular complexity index is 303. The number of hydrazine groups is 1. The molecule has 19 heavy (non-hydrogen) atoms. The average Bonchev–Trinajstić information content (AvgIpc) is 2.31. The molecule has 1 atom stereocenters. The summed E-state index contributed by atoms with van der Waals surface area (Å²) in [6, 6.07) is -0.626. The van der Waals surface area contributed by atoms with Crippen LogP contribution in [-0.4, -0.2) is 66.3 Å². The van der Waals surface area contributed by atoms with Crippen LogP contribution in [-0.2, 0) is 4.79 Å². The van der Waals surface area contributed by atoms with Crippen LogP contribution in [0.15, 0.2) is 0 Å². The third-order valence-corrected chi connectivity index (χ3v) is 3.16. The Morgan fingerprint density at radius 3 is 2.42 bits per heavy atom. The van der Waals surface area contributed by atoms with Gasteiger partial charge in [-0.3, -0.25) is 10.2 Å². The summed E-state index contributed by atoms with van der Waals surface area (Å²) in [6.45, 7) is 5.35. The van der Waals surface area contributed by atoms with Crippen molar-refractivity contribution >= 4 is 12.0 Å². The third-order valence-electron chi connectivity index (χ3n) is 3.16. The molecule has 0 bridgehead atoms. The Kier molecular flexibility index (Phi) is 6.58. The highest BCUT2D eigenvalue weighted by Gasteiger charge is 2.18. The van der Waals surface area contributed by atoms with Crippen LogP contribution in [0, 0.1) is 0 Å². The Balaban J connectivity index is 2.33. The molecule has 1 saturated heterocycles. The number of carboxylic acid groups (broad SMARTS) is 1. The summed E-state index contributed by atoms with van der Waals surface area (Å²) in [4.78, 5) is 24.7. The first-order valence-electron chi connectivity index (χ1n) is 6.73. The molecule has 0 radical (unpaired) electrons. The van der Waals surface area contributed by atoms with Crippen LogP contribution in [0.5, 0.6) is 0 Å². The normalized spacial score (nSPS) is 18.8. The number of carbonyl (C=O) groups excluding carboxylic acids is 1. The molecule has 2 amide bonds. The van der Waals surface area contributed by atoms with Crippen molar-refractivity contribution in [3.8, 4) is 0 Å². The first kappa shape index (κ1) is 15.7. The molecule has 1 heterocycles. The summed E-state index contributed by atoms with van der Waals surface area (Å²) >= 11 is 0. The van der Waals surface area contributed by atoms with Crippen LogP contribution < -0.4 is 10.7 Å². The number of piperazine rings is 1. The molecular formula is C12H24N4O3. The Hall–Kier alpha value is -1.34. The molecule has 0 spiro atoms. The van der Waals surface area contributed by atoms with Gasteiger partial charge in [0.05, 0.1) is 6.42 Å². The number of nitrogens with zero attached hydrogens (tertiary/aromatic N) is 2. The summed E-state index contributed by atoms with van der Waals surface area (Å²) in [7, 11) is 2.04. The fraction of sp³-hybridized carbons (Fsp3) is 0.833. The average molecular weight is 272 g/mol. The van der Waals surface area contributed by atoms with E-state index < -0.39 is 5.97 Å². The van der Waals surface area contributed by atoms with Gasteiger partial charge in [0.15, 0.2) is 0 Å². The van der Waals surface area contributed by atoms with Crippen molar-refractivity contribution in [1.82, 2.24) is 20.7 Å². The predicted molar refractivity (Wildman–Crippen MR) is 71.7 cm³/mol. The van der Waals surface area contributed by atoms with Crippen LogP contribution in [0.3, 0.4) is 0 Å². The number of nitrogens with one attached hydrogen (secondary N) is 2. The Morgan fingerprint density at radius 2 is 1.89 bits per heavy atom. The lowest BCUT2D eigenvalue weighted by atomic mass is 10.1. The minimum atomic E-state index is -0.890. The molecule has 0 aliphatic carbocycles. The van der Waals surface area contributed by atoms with Gasteiger partial charge in [-0.1, -0.05) is 13.3 Å². The van der Waals surface area contributed by atoms with E-state index in [1.165, 1.54) is 0 Å². The standard InChI is InChI=1S/C12H24N4O3/c1-3-4-10(9-11(17)18)13-12(19)14-16-7-5-15(2)6-8-16/h10H,3-9H2,1-2H3,(H,17,18)(H2,13,14,19). The van der Waals surface area contributed by atoms with E-state index in [0.29, 0.717) is 6.42 Å². The summed E-state index contributed by atoms with van der Waals surface area (Å²) < 4.78 is 0. The van der Waals surface area contributed by atoms with Crippen LogP contribution in [0.1, 0.15) is 26.2 Å². The van der Waals surface area contributed by atoms with Gasteiger partial charge in [0.25, 0.3) is 0 Å². The summed E-state index contributed by atoms with van der Waals surface area (Å²) in [6.07, 6.45) is 1.47. The van der Waals surface area contributed by atoms with Gasteiger partial charge in [0.2, 0.25) is 0 Å². The zero-order chi connectivity index (χ0) is 14.3. The van der Waals surface area contributed by atoms with E-state index in [1.807, 2.05) is 19.0 Å². The zero-order valence-electron chi connectivity index (χ0n) is 11.7. The molecule has 7 heteroatoms.